The molecule has 1 aliphatic rings. The van der Waals surface area contributed by atoms with Crippen LogP contribution in [0.2, 0.25) is 0 Å². The Balaban J connectivity index is 1.83. The summed E-state index contributed by atoms with van der Waals surface area (Å²) in [5.74, 6) is 2.64. The van der Waals surface area contributed by atoms with Gasteiger partial charge in [-0.2, -0.15) is 0 Å². The smallest absolute Gasteiger partial charge is 0.136 e. The van der Waals surface area contributed by atoms with E-state index in [4.69, 9.17) is 0 Å². The molecule has 1 saturated heterocycles. The summed E-state index contributed by atoms with van der Waals surface area (Å²) in [5, 5.41) is 6.73. The molecule has 0 unspecified atom stereocenters. The molecule has 0 amide bonds. The van der Waals surface area contributed by atoms with Crippen LogP contribution in [0.4, 0.5) is 17.3 Å². The van der Waals surface area contributed by atoms with Gasteiger partial charge in [0.15, 0.2) is 0 Å². The van der Waals surface area contributed by atoms with Gasteiger partial charge in [-0.25, -0.2) is 9.97 Å². The predicted octanol–water partition coefficient (Wildman–Crippen LogP) is 2.25. The summed E-state index contributed by atoms with van der Waals surface area (Å²) in [6, 6.07) is 10.3. The fourth-order valence-corrected chi connectivity index (χ4v) is 2.54. The zero-order valence-corrected chi connectivity index (χ0v) is 12.6. The summed E-state index contributed by atoms with van der Waals surface area (Å²) >= 11 is 0. The molecule has 3 rings (SSSR count). The van der Waals surface area contributed by atoms with Crippen LogP contribution >= 0.6 is 0 Å². The van der Waals surface area contributed by atoms with Crippen molar-refractivity contribution in [3.8, 4) is 0 Å². The molecular weight excluding hydrogens is 262 g/mol. The van der Waals surface area contributed by atoms with Crippen LogP contribution in [0.1, 0.15) is 11.4 Å². The molecule has 21 heavy (non-hydrogen) atoms. The highest BCUT2D eigenvalue weighted by molar-refractivity contribution is 5.60. The number of rotatable bonds is 3. The molecule has 1 fully saturated rings. The van der Waals surface area contributed by atoms with E-state index in [0.29, 0.717) is 0 Å². The highest BCUT2D eigenvalue weighted by atomic mass is 15.2. The third-order valence-corrected chi connectivity index (χ3v) is 3.56. The van der Waals surface area contributed by atoms with Crippen molar-refractivity contribution in [2.75, 3.05) is 36.4 Å². The third-order valence-electron chi connectivity index (χ3n) is 3.56. The molecule has 0 spiro atoms. The van der Waals surface area contributed by atoms with Crippen molar-refractivity contribution in [2.24, 2.45) is 0 Å². The van der Waals surface area contributed by atoms with Crippen molar-refractivity contribution in [3.05, 3.63) is 41.7 Å². The largest absolute Gasteiger partial charge is 0.354 e. The Hall–Kier alpha value is -2.14. The maximum absolute atomic E-state index is 4.56. The summed E-state index contributed by atoms with van der Waals surface area (Å²) in [6.07, 6.45) is 0. The second kappa shape index (κ2) is 6.10. The quantitative estimate of drug-likeness (QED) is 0.905. The summed E-state index contributed by atoms with van der Waals surface area (Å²) < 4.78 is 0. The van der Waals surface area contributed by atoms with Gasteiger partial charge in [0.05, 0.1) is 0 Å². The molecule has 0 atom stereocenters. The Labute approximate surface area is 125 Å². The van der Waals surface area contributed by atoms with Gasteiger partial charge in [0, 0.05) is 37.9 Å². The summed E-state index contributed by atoms with van der Waals surface area (Å²) in [4.78, 5) is 11.4. The lowest BCUT2D eigenvalue weighted by Crippen LogP contribution is -2.44. The average Bonchev–Trinajstić information content (AvgIpc) is 2.47. The van der Waals surface area contributed by atoms with Crippen molar-refractivity contribution < 1.29 is 0 Å². The number of benzene rings is 1. The zero-order valence-electron chi connectivity index (χ0n) is 12.6. The van der Waals surface area contributed by atoms with E-state index in [1.54, 1.807) is 0 Å². The summed E-state index contributed by atoms with van der Waals surface area (Å²) in [6.45, 7) is 8.00. The number of hydrogen-bond acceptors (Lipinski definition) is 5. The Bertz CT molecular complexity index is 620. The van der Waals surface area contributed by atoms with E-state index in [-0.39, 0.29) is 0 Å². The van der Waals surface area contributed by atoms with Crippen LogP contribution < -0.4 is 15.5 Å². The molecule has 0 aliphatic carbocycles. The van der Waals surface area contributed by atoms with Crippen LogP contribution in [-0.2, 0) is 0 Å². The number of anilines is 3. The van der Waals surface area contributed by atoms with Crippen molar-refractivity contribution >= 4 is 17.3 Å². The number of aryl methyl sites for hydroxylation is 2. The lowest BCUT2D eigenvalue weighted by atomic mass is 10.2. The first-order valence-electron chi connectivity index (χ1n) is 7.36. The van der Waals surface area contributed by atoms with Crippen molar-refractivity contribution in [1.82, 2.24) is 15.3 Å². The van der Waals surface area contributed by atoms with Gasteiger partial charge in [-0.05, 0) is 31.5 Å². The summed E-state index contributed by atoms with van der Waals surface area (Å²) in [7, 11) is 0. The van der Waals surface area contributed by atoms with Crippen LogP contribution in [0, 0.1) is 13.8 Å². The van der Waals surface area contributed by atoms with Crippen LogP contribution in [0.5, 0.6) is 0 Å². The van der Waals surface area contributed by atoms with E-state index >= 15 is 0 Å². The molecule has 1 aromatic carbocycles. The standard InChI is InChI=1S/C16H21N5/c1-12-4-3-5-14(10-12)20-15-11-16(19-13(2)18-15)21-8-6-17-7-9-21/h3-5,10-11,17H,6-9H2,1-2H3,(H,18,19,20). The average molecular weight is 283 g/mol. The lowest BCUT2D eigenvalue weighted by molar-refractivity contribution is 0.584. The monoisotopic (exact) mass is 283 g/mol. The Kier molecular flexibility index (Phi) is 4.01. The van der Waals surface area contributed by atoms with Crippen LogP contribution in [-0.4, -0.2) is 36.1 Å². The zero-order chi connectivity index (χ0) is 14.7. The maximum Gasteiger partial charge on any atom is 0.136 e. The minimum atomic E-state index is 0.793. The van der Waals surface area contributed by atoms with E-state index in [1.807, 2.05) is 19.1 Å². The molecule has 1 aromatic heterocycles. The number of nitrogens with zero attached hydrogens (tertiary/aromatic N) is 3. The Morgan fingerprint density at radius 2 is 1.90 bits per heavy atom. The molecule has 2 aromatic rings. The molecule has 0 saturated carbocycles. The molecule has 0 bridgehead atoms. The van der Waals surface area contributed by atoms with E-state index < -0.39 is 0 Å². The minimum absolute atomic E-state index is 0.793. The second-order valence-electron chi connectivity index (χ2n) is 5.39. The van der Waals surface area contributed by atoms with Gasteiger partial charge in [-0.15, -0.1) is 0 Å². The molecule has 5 heteroatoms. The lowest BCUT2D eigenvalue weighted by Gasteiger charge is -2.28. The topological polar surface area (TPSA) is 53.1 Å². The normalized spacial score (nSPS) is 15.0. The summed E-state index contributed by atoms with van der Waals surface area (Å²) in [5.41, 5.74) is 2.28. The van der Waals surface area contributed by atoms with Gasteiger partial charge in [-0.3, -0.25) is 0 Å². The first kappa shape index (κ1) is 13.8. The van der Waals surface area contributed by atoms with Crippen LogP contribution in [0.3, 0.4) is 0 Å². The highest BCUT2D eigenvalue weighted by Crippen LogP contribution is 2.20. The maximum atomic E-state index is 4.56. The van der Waals surface area contributed by atoms with Crippen molar-refractivity contribution in [1.29, 1.82) is 0 Å². The van der Waals surface area contributed by atoms with Gasteiger partial charge in [0.2, 0.25) is 0 Å². The molecule has 1 aliphatic heterocycles. The predicted molar refractivity (Wildman–Crippen MR) is 86.3 cm³/mol. The molecule has 5 nitrogen and oxygen atoms in total. The van der Waals surface area contributed by atoms with Gasteiger partial charge < -0.3 is 15.5 Å². The molecule has 2 N–H and O–H groups in total. The number of hydrogen-bond donors (Lipinski definition) is 2. The van der Waals surface area contributed by atoms with Gasteiger partial charge >= 0.3 is 0 Å². The van der Waals surface area contributed by atoms with E-state index in [1.165, 1.54) is 5.56 Å². The van der Waals surface area contributed by atoms with Crippen LogP contribution in [0.15, 0.2) is 30.3 Å². The molecule has 110 valence electrons. The number of aromatic nitrogens is 2. The fraction of sp³-hybridized carbons (Fsp3) is 0.375. The van der Waals surface area contributed by atoms with E-state index in [2.05, 4.69) is 50.6 Å². The third kappa shape index (κ3) is 3.49. The molecule has 0 radical (unpaired) electrons. The molecule has 2 heterocycles. The second-order valence-corrected chi connectivity index (χ2v) is 5.39. The number of nitrogens with one attached hydrogen (secondary N) is 2. The minimum Gasteiger partial charge on any atom is -0.354 e. The van der Waals surface area contributed by atoms with Gasteiger partial charge in [-0.1, -0.05) is 12.1 Å². The molecular formula is C16H21N5. The van der Waals surface area contributed by atoms with E-state index in [0.717, 1.165) is 49.3 Å². The van der Waals surface area contributed by atoms with E-state index in [9.17, 15) is 0 Å². The SMILES string of the molecule is Cc1cccc(Nc2cc(N3CCNCC3)nc(C)n2)c1. The first-order chi connectivity index (χ1) is 10.2. The first-order valence-corrected chi connectivity index (χ1v) is 7.36. The Morgan fingerprint density at radius 1 is 1.10 bits per heavy atom. The van der Waals surface area contributed by atoms with Gasteiger partial charge in [0.25, 0.3) is 0 Å². The Morgan fingerprint density at radius 3 is 2.67 bits per heavy atom. The number of piperazine rings is 1. The highest BCUT2D eigenvalue weighted by Gasteiger charge is 2.13. The van der Waals surface area contributed by atoms with Crippen molar-refractivity contribution in [3.63, 3.8) is 0 Å². The fourth-order valence-electron chi connectivity index (χ4n) is 2.54. The van der Waals surface area contributed by atoms with Crippen LogP contribution in [0.25, 0.3) is 0 Å². The van der Waals surface area contributed by atoms with Crippen molar-refractivity contribution in [2.45, 2.75) is 13.8 Å². The van der Waals surface area contributed by atoms with Gasteiger partial charge in [0.1, 0.15) is 17.5 Å².